The molecule has 0 N–H and O–H groups in total. The van der Waals surface area contributed by atoms with Crippen molar-refractivity contribution in [2.45, 2.75) is 24.0 Å². The molecule has 0 amide bonds. The van der Waals surface area contributed by atoms with Crippen LogP contribution in [0.25, 0.3) is 5.69 Å². The Morgan fingerprint density at radius 3 is 2.84 bits per heavy atom. The smallest absolute Gasteiger partial charge is 0.305 e. The lowest BCUT2D eigenvalue weighted by atomic mass is 10.00. The predicted molar refractivity (Wildman–Crippen MR) is 130 cm³/mol. The number of thioether (sulfide) groups is 1. The standard InChI is InChI=1S/C23H18BrClN4O2S/c1-3-12-32-23-28-27-22-18(9-11-20(30)31-2)26-21(15-6-4-5-7-17(15)25)16-13-14(24)8-10-19(16)29(22)23/h1,4-8,10,13,18H,9,11-12H2,2H3/t18-/m0/s1. The number of terminal acetylenes is 1. The molecule has 3 aromatic rings. The number of halogens is 2. The molecule has 162 valence electrons. The van der Waals surface area contributed by atoms with E-state index >= 15 is 0 Å². The van der Waals surface area contributed by atoms with Crippen LogP contribution < -0.4 is 0 Å². The lowest BCUT2D eigenvalue weighted by molar-refractivity contribution is -0.140. The third kappa shape index (κ3) is 4.46. The van der Waals surface area contributed by atoms with Gasteiger partial charge in [-0.3, -0.25) is 14.4 Å². The highest BCUT2D eigenvalue weighted by Crippen LogP contribution is 2.37. The van der Waals surface area contributed by atoms with Crippen LogP contribution in [0, 0.1) is 12.3 Å². The van der Waals surface area contributed by atoms with Crippen molar-refractivity contribution in [1.29, 1.82) is 0 Å². The molecule has 4 rings (SSSR count). The van der Waals surface area contributed by atoms with Gasteiger partial charge in [-0.2, -0.15) is 0 Å². The van der Waals surface area contributed by atoms with E-state index < -0.39 is 6.04 Å². The van der Waals surface area contributed by atoms with Gasteiger partial charge in [0, 0.05) is 27.0 Å². The minimum atomic E-state index is -0.431. The van der Waals surface area contributed by atoms with Crippen LogP contribution in [0.5, 0.6) is 0 Å². The van der Waals surface area contributed by atoms with Gasteiger partial charge in [0.05, 0.1) is 24.3 Å². The van der Waals surface area contributed by atoms with Crippen molar-refractivity contribution >= 4 is 51.0 Å². The number of aromatic nitrogens is 3. The number of carbonyl (C=O) groups excluding carboxylic acids is 1. The minimum Gasteiger partial charge on any atom is -0.469 e. The van der Waals surface area contributed by atoms with Crippen molar-refractivity contribution in [2.75, 3.05) is 12.9 Å². The van der Waals surface area contributed by atoms with Gasteiger partial charge < -0.3 is 4.74 Å². The molecule has 1 aliphatic rings. The zero-order chi connectivity index (χ0) is 22.7. The summed E-state index contributed by atoms with van der Waals surface area (Å²) in [6, 6.07) is 13.1. The van der Waals surface area contributed by atoms with E-state index in [9.17, 15) is 4.79 Å². The number of rotatable bonds is 6. The predicted octanol–water partition coefficient (Wildman–Crippen LogP) is 5.25. The first kappa shape index (κ1) is 22.6. The summed E-state index contributed by atoms with van der Waals surface area (Å²) in [6.45, 7) is 0. The average Bonchev–Trinajstić information content (AvgIpc) is 3.16. The van der Waals surface area contributed by atoms with Gasteiger partial charge in [0.15, 0.2) is 11.0 Å². The van der Waals surface area contributed by atoms with E-state index in [1.165, 1.54) is 18.9 Å². The van der Waals surface area contributed by atoms with Gasteiger partial charge >= 0.3 is 5.97 Å². The Morgan fingerprint density at radius 1 is 1.28 bits per heavy atom. The lowest BCUT2D eigenvalue weighted by Crippen LogP contribution is -2.09. The lowest BCUT2D eigenvalue weighted by Gasteiger charge is -2.14. The topological polar surface area (TPSA) is 69.4 Å². The summed E-state index contributed by atoms with van der Waals surface area (Å²) in [5.74, 6) is 3.41. The monoisotopic (exact) mass is 528 g/mol. The van der Waals surface area contributed by atoms with Crippen LogP contribution in [0.2, 0.25) is 5.02 Å². The van der Waals surface area contributed by atoms with Crippen LogP contribution in [-0.4, -0.2) is 39.3 Å². The van der Waals surface area contributed by atoms with Crippen molar-refractivity contribution in [3.8, 4) is 18.0 Å². The summed E-state index contributed by atoms with van der Waals surface area (Å²) < 4.78 is 7.71. The number of ether oxygens (including phenoxy) is 1. The largest absolute Gasteiger partial charge is 0.469 e. The zero-order valence-electron chi connectivity index (χ0n) is 17.1. The van der Waals surface area contributed by atoms with Gasteiger partial charge in [-0.05, 0) is 30.7 Å². The molecule has 2 heterocycles. The highest BCUT2D eigenvalue weighted by molar-refractivity contribution is 9.10. The molecular formula is C23H18BrClN4O2S. The van der Waals surface area contributed by atoms with Crippen LogP contribution in [-0.2, 0) is 9.53 Å². The fraction of sp³-hybridized carbons (Fsp3) is 0.217. The number of hydrogen-bond donors (Lipinski definition) is 0. The van der Waals surface area contributed by atoms with Crippen LogP contribution in [0.1, 0.15) is 35.8 Å². The molecule has 0 saturated heterocycles. The van der Waals surface area contributed by atoms with E-state index in [0.717, 1.165) is 27.0 Å². The summed E-state index contributed by atoms with van der Waals surface area (Å²) >= 11 is 11.6. The van der Waals surface area contributed by atoms with E-state index in [0.29, 0.717) is 28.2 Å². The zero-order valence-corrected chi connectivity index (χ0v) is 20.2. The number of esters is 1. The first-order chi connectivity index (χ1) is 15.5. The normalized spacial score (nSPS) is 14.6. The first-order valence-electron chi connectivity index (χ1n) is 9.75. The van der Waals surface area contributed by atoms with Gasteiger partial charge in [0.2, 0.25) is 0 Å². The maximum absolute atomic E-state index is 11.9. The number of methoxy groups -OCH3 is 1. The van der Waals surface area contributed by atoms with Crippen molar-refractivity contribution in [2.24, 2.45) is 4.99 Å². The molecule has 0 aliphatic carbocycles. The Hall–Kier alpha value is -2.60. The summed E-state index contributed by atoms with van der Waals surface area (Å²) in [7, 11) is 1.37. The van der Waals surface area contributed by atoms with Crippen molar-refractivity contribution in [1.82, 2.24) is 14.8 Å². The molecule has 6 nitrogen and oxygen atoms in total. The first-order valence-corrected chi connectivity index (χ1v) is 11.9. The van der Waals surface area contributed by atoms with E-state index in [-0.39, 0.29) is 12.4 Å². The molecule has 0 radical (unpaired) electrons. The average molecular weight is 530 g/mol. The summed E-state index contributed by atoms with van der Waals surface area (Å²) in [5.41, 5.74) is 3.26. The molecule has 0 unspecified atom stereocenters. The third-order valence-corrected chi connectivity index (χ3v) is 6.62. The number of hydrogen-bond acceptors (Lipinski definition) is 6. The second-order valence-electron chi connectivity index (χ2n) is 6.92. The van der Waals surface area contributed by atoms with Gasteiger partial charge in [0.25, 0.3) is 0 Å². The van der Waals surface area contributed by atoms with Crippen molar-refractivity contribution < 1.29 is 9.53 Å². The van der Waals surface area contributed by atoms with Crippen LogP contribution >= 0.6 is 39.3 Å². The number of nitrogens with zero attached hydrogens (tertiary/aromatic N) is 4. The third-order valence-electron chi connectivity index (χ3n) is 4.96. The minimum absolute atomic E-state index is 0.195. The summed E-state index contributed by atoms with van der Waals surface area (Å²) in [4.78, 5) is 17.0. The van der Waals surface area contributed by atoms with Gasteiger partial charge in [0.1, 0.15) is 6.04 Å². The van der Waals surface area contributed by atoms with Crippen LogP contribution in [0.4, 0.5) is 0 Å². The van der Waals surface area contributed by atoms with Gasteiger partial charge in [-0.15, -0.1) is 16.6 Å². The molecule has 32 heavy (non-hydrogen) atoms. The molecule has 0 saturated carbocycles. The number of aliphatic imine (C=N–C) groups is 1. The highest BCUT2D eigenvalue weighted by Gasteiger charge is 2.30. The van der Waals surface area contributed by atoms with E-state index in [1.54, 1.807) is 0 Å². The SMILES string of the molecule is C#CCSc1nnc2n1-c1ccc(Br)cc1C(c1ccccc1Cl)=N[C@H]2CCC(=O)OC. The Bertz CT molecular complexity index is 1250. The summed E-state index contributed by atoms with van der Waals surface area (Å²) in [6.07, 6.45) is 6.09. The quantitative estimate of drug-likeness (QED) is 0.248. The van der Waals surface area contributed by atoms with Crippen LogP contribution in [0.15, 0.2) is 57.1 Å². The number of carbonyl (C=O) groups is 1. The second-order valence-corrected chi connectivity index (χ2v) is 9.18. The van der Waals surface area contributed by atoms with Crippen molar-refractivity contribution in [3.63, 3.8) is 0 Å². The fourth-order valence-corrected chi connectivity index (χ4v) is 4.74. The Balaban J connectivity index is 1.95. The highest BCUT2D eigenvalue weighted by atomic mass is 79.9. The van der Waals surface area contributed by atoms with E-state index in [2.05, 4.69) is 32.0 Å². The van der Waals surface area contributed by atoms with E-state index in [1.807, 2.05) is 47.0 Å². The molecule has 2 aromatic carbocycles. The Morgan fingerprint density at radius 2 is 2.09 bits per heavy atom. The summed E-state index contributed by atoms with van der Waals surface area (Å²) in [5, 5.41) is 10.1. The number of fused-ring (bicyclic) bond motifs is 3. The fourth-order valence-electron chi connectivity index (χ4n) is 3.52. The molecule has 0 fully saturated rings. The maximum atomic E-state index is 11.9. The Kier molecular flexibility index (Phi) is 6.99. The van der Waals surface area contributed by atoms with Gasteiger partial charge in [-0.25, -0.2) is 0 Å². The molecule has 0 spiro atoms. The Labute approximate surface area is 203 Å². The molecule has 1 atom stereocenters. The van der Waals surface area contributed by atoms with E-state index in [4.69, 9.17) is 27.8 Å². The van der Waals surface area contributed by atoms with Gasteiger partial charge in [-0.1, -0.05) is 63.4 Å². The van der Waals surface area contributed by atoms with Crippen LogP contribution in [0.3, 0.4) is 0 Å². The molecule has 1 aliphatic heterocycles. The van der Waals surface area contributed by atoms with Crippen molar-refractivity contribution in [3.05, 3.63) is 68.9 Å². The molecular weight excluding hydrogens is 512 g/mol. The molecule has 9 heteroatoms. The number of benzene rings is 2. The maximum Gasteiger partial charge on any atom is 0.305 e. The molecule has 1 aromatic heterocycles. The molecule has 0 bridgehead atoms. The second kappa shape index (κ2) is 9.90.